The molecule has 0 radical (unpaired) electrons. The Balaban J connectivity index is 1.80. The Morgan fingerprint density at radius 2 is 2.21 bits per heavy atom. The summed E-state index contributed by atoms with van der Waals surface area (Å²) in [5.41, 5.74) is 11.1. The maximum atomic E-state index is 12.2. The van der Waals surface area contributed by atoms with Gasteiger partial charge in [-0.05, 0) is 19.4 Å². The summed E-state index contributed by atoms with van der Waals surface area (Å²) < 4.78 is 2.15. The molecule has 0 bridgehead atoms. The average Bonchev–Trinajstić information content (AvgIpc) is 3.15. The Morgan fingerprint density at radius 1 is 1.42 bits per heavy atom. The first-order valence-corrected chi connectivity index (χ1v) is 8.62. The van der Waals surface area contributed by atoms with E-state index in [1.165, 1.54) is 11.3 Å². The van der Waals surface area contributed by atoms with Gasteiger partial charge in [0.15, 0.2) is 5.13 Å². The highest BCUT2D eigenvalue weighted by Crippen LogP contribution is 2.21. The smallest absolute Gasteiger partial charge is 0.283 e. The molecule has 2 aromatic heterocycles. The van der Waals surface area contributed by atoms with Crippen LogP contribution in [0.4, 0.5) is 5.13 Å². The number of carbonyl (C=O) groups is 1. The van der Waals surface area contributed by atoms with Gasteiger partial charge in [-0.3, -0.25) is 4.79 Å². The molecule has 24 heavy (non-hydrogen) atoms. The highest BCUT2D eigenvalue weighted by molar-refractivity contribution is 7.17. The lowest BCUT2D eigenvalue weighted by molar-refractivity contribution is 0.0958. The van der Waals surface area contributed by atoms with Gasteiger partial charge in [0.25, 0.3) is 5.91 Å². The summed E-state index contributed by atoms with van der Waals surface area (Å²) in [6.07, 6.45) is 4.36. The Morgan fingerprint density at radius 3 is 2.96 bits per heavy atom. The van der Waals surface area contributed by atoms with Gasteiger partial charge in [-0.15, -0.1) is 0 Å². The van der Waals surface area contributed by atoms with E-state index in [1.54, 1.807) is 6.21 Å². The summed E-state index contributed by atoms with van der Waals surface area (Å²) in [6.45, 7) is 4.91. The van der Waals surface area contributed by atoms with Crippen molar-refractivity contribution in [1.82, 2.24) is 15.0 Å². The van der Waals surface area contributed by atoms with Crippen LogP contribution in [0.15, 0.2) is 35.6 Å². The molecule has 0 aliphatic carbocycles. The predicted octanol–water partition coefficient (Wildman–Crippen LogP) is 3.03. The molecule has 2 heterocycles. The molecule has 0 aliphatic heterocycles. The number of para-hydroxylation sites is 1. The normalized spacial score (nSPS) is 11.4. The molecule has 0 atom stereocenters. The zero-order chi connectivity index (χ0) is 17.1. The van der Waals surface area contributed by atoms with Gasteiger partial charge in [0.05, 0.1) is 11.9 Å². The Bertz CT molecular complexity index is 909. The molecule has 3 N–H and O–H groups in total. The number of thiazole rings is 1. The van der Waals surface area contributed by atoms with E-state index in [2.05, 4.69) is 33.1 Å². The zero-order valence-electron chi connectivity index (χ0n) is 13.6. The number of nitrogens with one attached hydrogen (secondary N) is 1. The number of hydrazone groups is 1. The standard InChI is InChI=1S/C17H19N5OS/c1-3-13-15(24-17(18)20-13)16(23)21-19-9-11-10-22(4-2)14-8-6-5-7-12(11)14/h5-10H,3-4H2,1-2H3,(H2,18,20)(H,21,23)/b19-9-. The van der Waals surface area contributed by atoms with E-state index in [0.29, 0.717) is 22.1 Å². The van der Waals surface area contributed by atoms with Crippen LogP contribution in [-0.4, -0.2) is 21.7 Å². The Kier molecular flexibility index (Phi) is 4.61. The summed E-state index contributed by atoms with van der Waals surface area (Å²) in [6, 6.07) is 8.12. The van der Waals surface area contributed by atoms with Crippen molar-refractivity contribution in [2.45, 2.75) is 26.8 Å². The molecular formula is C17H19N5OS. The van der Waals surface area contributed by atoms with Crippen molar-refractivity contribution in [3.05, 3.63) is 46.6 Å². The number of benzene rings is 1. The summed E-state index contributed by atoms with van der Waals surface area (Å²) in [5, 5.41) is 5.60. The molecule has 6 nitrogen and oxygen atoms in total. The van der Waals surface area contributed by atoms with Crippen molar-refractivity contribution in [3.8, 4) is 0 Å². The largest absolute Gasteiger partial charge is 0.375 e. The van der Waals surface area contributed by atoms with E-state index in [1.807, 2.05) is 31.3 Å². The second kappa shape index (κ2) is 6.84. The lowest BCUT2D eigenvalue weighted by atomic mass is 10.2. The van der Waals surface area contributed by atoms with E-state index in [4.69, 9.17) is 5.73 Å². The molecule has 0 unspecified atom stereocenters. The molecule has 0 spiro atoms. The number of hydrogen-bond donors (Lipinski definition) is 2. The fourth-order valence-electron chi connectivity index (χ4n) is 2.64. The van der Waals surface area contributed by atoms with E-state index in [-0.39, 0.29) is 5.91 Å². The monoisotopic (exact) mass is 341 g/mol. The first-order valence-electron chi connectivity index (χ1n) is 7.80. The van der Waals surface area contributed by atoms with Gasteiger partial charge in [-0.25, -0.2) is 10.4 Å². The van der Waals surface area contributed by atoms with Crippen LogP contribution >= 0.6 is 11.3 Å². The minimum Gasteiger partial charge on any atom is -0.375 e. The van der Waals surface area contributed by atoms with E-state index in [0.717, 1.165) is 23.0 Å². The van der Waals surface area contributed by atoms with Crippen LogP contribution in [0.25, 0.3) is 10.9 Å². The van der Waals surface area contributed by atoms with Crippen LogP contribution in [0.5, 0.6) is 0 Å². The summed E-state index contributed by atoms with van der Waals surface area (Å²) >= 11 is 1.18. The van der Waals surface area contributed by atoms with Crippen molar-refractivity contribution in [2.24, 2.45) is 5.10 Å². The Hall–Kier alpha value is -2.67. The van der Waals surface area contributed by atoms with Crippen LogP contribution in [0.2, 0.25) is 0 Å². The maximum absolute atomic E-state index is 12.2. The van der Waals surface area contributed by atoms with Crippen molar-refractivity contribution >= 4 is 39.5 Å². The first-order chi connectivity index (χ1) is 11.6. The highest BCUT2D eigenvalue weighted by Gasteiger charge is 2.15. The quantitative estimate of drug-likeness (QED) is 0.552. The maximum Gasteiger partial charge on any atom is 0.283 e. The van der Waals surface area contributed by atoms with Gasteiger partial charge in [0, 0.05) is 29.2 Å². The molecule has 1 amide bonds. The van der Waals surface area contributed by atoms with Crippen molar-refractivity contribution in [1.29, 1.82) is 0 Å². The molecule has 3 rings (SSSR count). The summed E-state index contributed by atoms with van der Waals surface area (Å²) in [7, 11) is 0. The fourth-order valence-corrected chi connectivity index (χ4v) is 3.45. The van der Waals surface area contributed by atoms with Crippen LogP contribution in [0.3, 0.4) is 0 Å². The number of carbonyl (C=O) groups excluding carboxylic acids is 1. The molecular weight excluding hydrogens is 322 g/mol. The molecule has 3 aromatic rings. The predicted molar refractivity (Wildman–Crippen MR) is 98.6 cm³/mol. The van der Waals surface area contributed by atoms with E-state index >= 15 is 0 Å². The van der Waals surface area contributed by atoms with Gasteiger partial charge in [-0.1, -0.05) is 36.5 Å². The third-order valence-corrected chi connectivity index (χ3v) is 4.71. The SMILES string of the molecule is CCc1nc(N)sc1C(=O)N/N=C\c1cn(CC)c2ccccc12. The Labute approximate surface area is 144 Å². The molecule has 0 saturated heterocycles. The van der Waals surface area contributed by atoms with Gasteiger partial charge in [0.1, 0.15) is 4.88 Å². The summed E-state index contributed by atoms with van der Waals surface area (Å²) in [4.78, 5) is 16.9. The molecule has 124 valence electrons. The number of rotatable bonds is 5. The minimum atomic E-state index is -0.281. The number of amides is 1. The van der Waals surface area contributed by atoms with E-state index < -0.39 is 0 Å². The van der Waals surface area contributed by atoms with Crippen LogP contribution in [-0.2, 0) is 13.0 Å². The van der Waals surface area contributed by atoms with Crippen molar-refractivity contribution in [3.63, 3.8) is 0 Å². The summed E-state index contributed by atoms with van der Waals surface area (Å²) in [5.74, 6) is -0.281. The number of aromatic nitrogens is 2. The number of aryl methyl sites for hydroxylation is 2. The first kappa shape index (κ1) is 16.2. The number of nitrogens with zero attached hydrogens (tertiary/aromatic N) is 3. The van der Waals surface area contributed by atoms with Gasteiger partial charge in [-0.2, -0.15) is 5.10 Å². The second-order valence-electron chi connectivity index (χ2n) is 5.27. The number of anilines is 1. The molecule has 1 aromatic carbocycles. The second-order valence-corrected chi connectivity index (χ2v) is 6.30. The lowest BCUT2D eigenvalue weighted by Crippen LogP contribution is -2.17. The topological polar surface area (TPSA) is 85.3 Å². The van der Waals surface area contributed by atoms with E-state index in [9.17, 15) is 4.79 Å². The van der Waals surface area contributed by atoms with Gasteiger partial charge >= 0.3 is 0 Å². The third-order valence-electron chi connectivity index (χ3n) is 3.78. The van der Waals surface area contributed by atoms with Gasteiger partial charge < -0.3 is 10.3 Å². The fraction of sp³-hybridized carbons (Fsp3) is 0.235. The number of nitrogens with two attached hydrogens (primary N) is 1. The van der Waals surface area contributed by atoms with Crippen molar-refractivity contribution in [2.75, 3.05) is 5.73 Å². The highest BCUT2D eigenvalue weighted by atomic mass is 32.1. The van der Waals surface area contributed by atoms with Crippen LogP contribution in [0.1, 0.15) is 34.8 Å². The zero-order valence-corrected chi connectivity index (χ0v) is 14.4. The number of nitrogen functional groups attached to an aromatic ring is 1. The number of hydrogen-bond acceptors (Lipinski definition) is 5. The molecule has 7 heteroatoms. The third kappa shape index (κ3) is 3.03. The minimum absolute atomic E-state index is 0.281. The molecule has 0 aliphatic rings. The van der Waals surface area contributed by atoms with Crippen LogP contribution < -0.4 is 11.2 Å². The number of fused-ring (bicyclic) bond motifs is 1. The lowest BCUT2D eigenvalue weighted by Gasteiger charge is -1.98. The average molecular weight is 341 g/mol. The van der Waals surface area contributed by atoms with Crippen LogP contribution in [0, 0.1) is 0 Å². The molecule has 0 fully saturated rings. The van der Waals surface area contributed by atoms with Gasteiger partial charge in [0.2, 0.25) is 0 Å². The van der Waals surface area contributed by atoms with Crippen molar-refractivity contribution < 1.29 is 4.79 Å². The molecule has 0 saturated carbocycles.